The van der Waals surface area contributed by atoms with E-state index in [1.54, 1.807) is 0 Å². The Bertz CT molecular complexity index is 636. The second kappa shape index (κ2) is 8.77. The first-order chi connectivity index (χ1) is 11.8. The van der Waals surface area contributed by atoms with Crippen molar-refractivity contribution in [3.05, 3.63) is 41.2 Å². The number of ether oxygens (including phenoxy) is 1. The second-order valence-corrected chi connectivity index (χ2v) is 5.97. The van der Waals surface area contributed by atoms with Gasteiger partial charge in [-0.25, -0.2) is 0 Å². The molecule has 128 valence electrons. The fraction of sp³-hybridized carbons (Fsp3) is 0.438. The first kappa shape index (κ1) is 16.9. The van der Waals surface area contributed by atoms with E-state index in [-0.39, 0.29) is 5.28 Å². The van der Waals surface area contributed by atoms with Crippen molar-refractivity contribution in [1.82, 2.24) is 15.0 Å². The molecular formula is C16H22ClN6O+. The Morgan fingerprint density at radius 2 is 1.71 bits per heavy atom. The highest BCUT2D eigenvalue weighted by molar-refractivity contribution is 6.28. The van der Waals surface area contributed by atoms with Gasteiger partial charge in [-0.2, -0.15) is 15.0 Å². The zero-order valence-electron chi connectivity index (χ0n) is 13.5. The van der Waals surface area contributed by atoms with Crippen LogP contribution in [0.2, 0.25) is 5.28 Å². The summed E-state index contributed by atoms with van der Waals surface area (Å²) in [6.45, 7) is 6.18. The molecule has 0 saturated carbocycles. The Labute approximate surface area is 146 Å². The smallest absolute Gasteiger partial charge is 0.229 e. The molecule has 0 bridgehead atoms. The van der Waals surface area contributed by atoms with E-state index in [2.05, 4.69) is 25.6 Å². The summed E-state index contributed by atoms with van der Waals surface area (Å²) in [6.07, 6.45) is 0. The van der Waals surface area contributed by atoms with Gasteiger partial charge in [0.1, 0.15) is 13.1 Å². The summed E-state index contributed by atoms with van der Waals surface area (Å²) in [7, 11) is 0. The first-order valence-electron chi connectivity index (χ1n) is 8.14. The molecule has 0 atom stereocenters. The average Bonchev–Trinajstić information content (AvgIpc) is 2.61. The van der Waals surface area contributed by atoms with Crippen LogP contribution in [0.1, 0.15) is 5.56 Å². The van der Waals surface area contributed by atoms with Gasteiger partial charge in [-0.05, 0) is 17.2 Å². The highest BCUT2D eigenvalue weighted by Crippen LogP contribution is 2.10. The van der Waals surface area contributed by atoms with Gasteiger partial charge in [0, 0.05) is 6.54 Å². The van der Waals surface area contributed by atoms with E-state index in [0.29, 0.717) is 18.4 Å². The fourth-order valence-electron chi connectivity index (χ4n) is 2.55. The van der Waals surface area contributed by atoms with E-state index in [1.165, 1.54) is 4.90 Å². The van der Waals surface area contributed by atoms with E-state index in [4.69, 9.17) is 16.3 Å². The summed E-state index contributed by atoms with van der Waals surface area (Å²) in [6, 6.07) is 10.1. The molecule has 1 aliphatic heterocycles. The lowest BCUT2D eigenvalue weighted by Gasteiger charge is -2.23. The maximum Gasteiger partial charge on any atom is 0.229 e. The van der Waals surface area contributed by atoms with Crippen molar-refractivity contribution in [1.29, 1.82) is 0 Å². The molecule has 3 N–H and O–H groups in total. The van der Waals surface area contributed by atoms with Crippen LogP contribution >= 0.6 is 11.6 Å². The van der Waals surface area contributed by atoms with E-state index in [0.717, 1.165) is 45.0 Å². The van der Waals surface area contributed by atoms with E-state index >= 15 is 0 Å². The number of rotatable bonds is 7. The topological polar surface area (TPSA) is 76.4 Å². The van der Waals surface area contributed by atoms with Crippen LogP contribution in [-0.2, 0) is 11.3 Å². The number of hydrogen-bond acceptors (Lipinski definition) is 6. The lowest BCUT2D eigenvalue weighted by molar-refractivity contribution is -0.906. The van der Waals surface area contributed by atoms with Crippen LogP contribution in [-0.4, -0.2) is 54.3 Å². The first-order valence-corrected chi connectivity index (χ1v) is 8.52. The molecule has 8 heteroatoms. The number of anilines is 2. The minimum absolute atomic E-state index is 0.182. The van der Waals surface area contributed by atoms with Gasteiger partial charge in [-0.1, -0.05) is 30.3 Å². The Kier molecular flexibility index (Phi) is 6.17. The number of nitrogens with one attached hydrogen (secondary N) is 3. The van der Waals surface area contributed by atoms with E-state index < -0.39 is 0 Å². The summed E-state index contributed by atoms with van der Waals surface area (Å²) < 4.78 is 5.36. The summed E-state index contributed by atoms with van der Waals surface area (Å²) in [4.78, 5) is 14.1. The molecule has 1 aliphatic rings. The number of hydrogen-bond donors (Lipinski definition) is 3. The van der Waals surface area contributed by atoms with E-state index in [1.807, 2.05) is 30.3 Å². The van der Waals surface area contributed by atoms with Crippen molar-refractivity contribution in [2.45, 2.75) is 6.54 Å². The van der Waals surface area contributed by atoms with Crippen molar-refractivity contribution in [3.63, 3.8) is 0 Å². The average molecular weight is 350 g/mol. The van der Waals surface area contributed by atoms with Gasteiger partial charge >= 0.3 is 0 Å². The van der Waals surface area contributed by atoms with Gasteiger partial charge in [0.05, 0.1) is 26.3 Å². The summed E-state index contributed by atoms with van der Waals surface area (Å²) in [5, 5.41) is 6.58. The van der Waals surface area contributed by atoms with Gasteiger partial charge < -0.3 is 20.3 Å². The van der Waals surface area contributed by atoms with Gasteiger partial charge in [0.25, 0.3) is 0 Å². The molecule has 24 heavy (non-hydrogen) atoms. The monoisotopic (exact) mass is 349 g/mol. The van der Waals surface area contributed by atoms with Crippen molar-refractivity contribution in [2.24, 2.45) is 0 Å². The standard InChI is InChI=1S/C16H21ClN6O/c17-14-20-15(18-6-7-23-8-10-24-11-9-23)22-16(21-14)19-12-13-4-2-1-3-5-13/h1-5H,6-12H2,(H2,18,19,20,21,22)/p+1. The number of aromatic nitrogens is 3. The number of quaternary nitrogens is 1. The molecule has 1 aromatic carbocycles. The third kappa shape index (κ3) is 5.30. The molecule has 0 radical (unpaired) electrons. The minimum atomic E-state index is 0.182. The van der Waals surface area contributed by atoms with Crippen LogP contribution in [0.5, 0.6) is 0 Å². The number of morpholine rings is 1. The van der Waals surface area contributed by atoms with Crippen LogP contribution in [0.3, 0.4) is 0 Å². The van der Waals surface area contributed by atoms with Gasteiger partial charge in [-0.15, -0.1) is 0 Å². The molecular weight excluding hydrogens is 328 g/mol. The molecule has 3 rings (SSSR count). The second-order valence-electron chi connectivity index (χ2n) is 5.63. The fourth-order valence-corrected chi connectivity index (χ4v) is 2.71. The van der Waals surface area contributed by atoms with Crippen LogP contribution in [0.4, 0.5) is 11.9 Å². The van der Waals surface area contributed by atoms with Crippen LogP contribution in [0.15, 0.2) is 30.3 Å². The van der Waals surface area contributed by atoms with Crippen LogP contribution in [0.25, 0.3) is 0 Å². The molecule has 1 saturated heterocycles. The van der Waals surface area contributed by atoms with Gasteiger partial charge in [0.2, 0.25) is 17.2 Å². The van der Waals surface area contributed by atoms with E-state index in [9.17, 15) is 0 Å². The minimum Gasteiger partial charge on any atom is -0.370 e. The van der Waals surface area contributed by atoms with Crippen LogP contribution in [0, 0.1) is 0 Å². The molecule has 1 aromatic heterocycles. The van der Waals surface area contributed by atoms with Crippen molar-refractivity contribution >= 4 is 23.5 Å². The molecule has 2 heterocycles. The zero-order valence-corrected chi connectivity index (χ0v) is 14.2. The zero-order chi connectivity index (χ0) is 16.6. The SMILES string of the molecule is Clc1nc(NCC[NH+]2CCOCC2)nc(NCc2ccccc2)n1. The molecule has 0 unspecified atom stereocenters. The highest BCUT2D eigenvalue weighted by Gasteiger charge is 2.13. The van der Waals surface area contributed by atoms with Crippen molar-refractivity contribution < 1.29 is 9.64 Å². The Morgan fingerprint density at radius 3 is 2.46 bits per heavy atom. The molecule has 1 fully saturated rings. The lowest BCUT2D eigenvalue weighted by atomic mass is 10.2. The third-order valence-electron chi connectivity index (χ3n) is 3.86. The Hall–Kier alpha value is -1.96. The van der Waals surface area contributed by atoms with Crippen molar-refractivity contribution in [2.75, 3.05) is 50.0 Å². The molecule has 0 amide bonds. The lowest BCUT2D eigenvalue weighted by Crippen LogP contribution is -3.14. The maximum absolute atomic E-state index is 6.00. The van der Waals surface area contributed by atoms with Gasteiger partial charge in [-0.3, -0.25) is 0 Å². The number of nitrogens with zero attached hydrogens (tertiary/aromatic N) is 3. The normalized spacial score (nSPS) is 15.2. The molecule has 0 aliphatic carbocycles. The third-order valence-corrected chi connectivity index (χ3v) is 4.03. The predicted octanol–water partition coefficient (Wildman–Crippen LogP) is 0.464. The van der Waals surface area contributed by atoms with Gasteiger partial charge in [0.15, 0.2) is 0 Å². The summed E-state index contributed by atoms with van der Waals surface area (Å²) in [5.74, 6) is 0.971. The summed E-state index contributed by atoms with van der Waals surface area (Å²) >= 11 is 6.00. The maximum atomic E-state index is 6.00. The number of halogens is 1. The van der Waals surface area contributed by atoms with Crippen molar-refractivity contribution in [3.8, 4) is 0 Å². The van der Waals surface area contributed by atoms with Crippen LogP contribution < -0.4 is 15.5 Å². The Morgan fingerprint density at radius 1 is 1.00 bits per heavy atom. The molecule has 7 nitrogen and oxygen atoms in total. The Balaban J connectivity index is 1.51. The largest absolute Gasteiger partial charge is 0.370 e. The summed E-state index contributed by atoms with van der Waals surface area (Å²) in [5.41, 5.74) is 1.15. The highest BCUT2D eigenvalue weighted by atomic mass is 35.5. The quantitative estimate of drug-likeness (QED) is 0.674. The predicted molar refractivity (Wildman–Crippen MR) is 93.5 cm³/mol. The molecule has 2 aromatic rings. The molecule has 0 spiro atoms. The number of benzene rings is 1.